The number of nitrogens with zero attached hydrogens (tertiary/aromatic N) is 4. The zero-order chi connectivity index (χ0) is 12.1. The minimum absolute atomic E-state index is 0.202. The molecule has 84 valence electrons. The Balaban J connectivity index is 3.26. The van der Waals surface area contributed by atoms with E-state index in [-0.39, 0.29) is 5.91 Å². The lowest BCUT2D eigenvalue weighted by Gasteiger charge is -2.13. The number of hydrogen-bond donors (Lipinski definition) is 0. The summed E-state index contributed by atoms with van der Waals surface area (Å²) >= 11 is 0. The number of rotatable bonds is 3. The van der Waals surface area contributed by atoms with Gasteiger partial charge in [0.2, 0.25) is 0 Å². The molecule has 16 heavy (non-hydrogen) atoms. The Morgan fingerprint density at radius 3 is 2.69 bits per heavy atom. The second kappa shape index (κ2) is 5.04. The van der Waals surface area contributed by atoms with Gasteiger partial charge in [0.15, 0.2) is 0 Å². The molecule has 0 saturated carbocycles. The summed E-state index contributed by atoms with van der Waals surface area (Å²) in [7, 11) is 4.76. The lowest BCUT2D eigenvalue weighted by atomic mass is 10.1. The van der Waals surface area contributed by atoms with E-state index in [0.29, 0.717) is 17.0 Å². The summed E-state index contributed by atoms with van der Waals surface area (Å²) in [5.74, 6) is 0.252. The normalized spacial score (nSPS) is 9.19. The molecule has 0 aliphatic heterocycles. The van der Waals surface area contributed by atoms with Gasteiger partial charge in [0.25, 0.3) is 5.91 Å². The van der Waals surface area contributed by atoms with E-state index < -0.39 is 0 Å². The number of carbonyl (C=O) groups excluding carboxylic acids is 1. The van der Waals surface area contributed by atoms with E-state index in [1.807, 2.05) is 0 Å². The van der Waals surface area contributed by atoms with Crippen molar-refractivity contribution in [2.24, 2.45) is 5.11 Å². The number of carbonyl (C=O) groups is 1. The van der Waals surface area contributed by atoms with Gasteiger partial charge in [-0.05, 0) is 23.7 Å². The Morgan fingerprint density at radius 1 is 1.50 bits per heavy atom. The minimum Gasteiger partial charge on any atom is -0.496 e. The topological polar surface area (TPSA) is 78.3 Å². The maximum atomic E-state index is 11.8. The second-order valence-corrected chi connectivity index (χ2v) is 3.27. The van der Waals surface area contributed by atoms with Crippen molar-refractivity contribution in [3.05, 3.63) is 34.2 Å². The summed E-state index contributed by atoms with van der Waals surface area (Å²) in [4.78, 5) is 15.9. The molecule has 6 heteroatoms. The fourth-order valence-corrected chi connectivity index (χ4v) is 1.22. The zero-order valence-electron chi connectivity index (χ0n) is 9.34. The van der Waals surface area contributed by atoms with Gasteiger partial charge < -0.3 is 9.64 Å². The Labute approximate surface area is 93.1 Å². The monoisotopic (exact) mass is 220 g/mol. The second-order valence-electron chi connectivity index (χ2n) is 3.27. The maximum absolute atomic E-state index is 11.8. The molecular weight excluding hydrogens is 208 g/mol. The molecule has 0 fully saturated rings. The van der Waals surface area contributed by atoms with Gasteiger partial charge in [-0.15, -0.1) is 0 Å². The van der Waals surface area contributed by atoms with Crippen LogP contribution in [0.1, 0.15) is 10.4 Å². The molecule has 1 rings (SSSR count). The number of amides is 1. The van der Waals surface area contributed by atoms with E-state index >= 15 is 0 Å². The van der Waals surface area contributed by atoms with Crippen molar-refractivity contribution in [2.75, 3.05) is 21.2 Å². The van der Waals surface area contributed by atoms with Crippen molar-refractivity contribution in [1.29, 1.82) is 0 Å². The summed E-state index contributed by atoms with van der Waals surface area (Å²) in [5, 5.41) is 3.44. The van der Waals surface area contributed by atoms with Crippen LogP contribution in [0.4, 0.5) is 5.69 Å². The maximum Gasteiger partial charge on any atom is 0.257 e. The first-order valence-electron chi connectivity index (χ1n) is 4.55. The van der Waals surface area contributed by atoms with Crippen molar-refractivity contribution in [2.45, 2.75) is 0 Å². The van der Waals surface area contributed by atoms with Crippen LogP contribution in [0.3, 0.4) is 0 Å². The van der Waals surface area contributed by atoms with E-state index in [9.17, 15) is 4.79 Å². The van der Waals surface area contributed by atoms with E-state index in [2.05, 4.69) is 10.0 Å². The fraction of sp³-hybridized carbons (Fsp3) is 0.300. The quantitative estimate of drug-likeness (QED) is 0.445. The Bertz CT molecular complexity index is 450. The molecular formula is C10H12N4O2. The lowest BCUT2D eigenvalue weighted by Crippen LogP contribution is -2.22. The van der Waals surface area contributed by atoms with Crippen LogP contribution in [0.15, 0.2) is 23.3 Å². The van der Waals surface area contributed by atoms with Crippen LogP contribution in [0, 0.1) is 0 Å². The summed E-state index contributed by atoms with van der Waals surface area (Å²) in [6.07, 6.45) is 0. The van der Waals surface area contributed by atoms with Gasteiger partial charge in [-0.1, -0.05) is 5.11 Å². The Kier molecular flexibility index (Phi) is 3.74. The molecule has 0 unspecified atom stereocenters. The van der Waals surface area contributed by atoms with Crippen molar-refractivity contribution >= 4 is 11.6 Å². The average Bonchev–Trinajstić information content (AvgIpc) is 2.28. The van der Waals surface area contributed by atoms with E-state index in [1.165, 1.54) is 18.1 Å². The highest BCUT2D eigenvalue weighted by Gasteiger charge is 2.14. The van der Waals surface area contributed by atoms with Gasteiger partial charge in [0.1, 0.15) is 5.75 Å². The smallest absolute Gasteiger partial charge is 0.257 e. The molecule has 0 N–H and O–H groups in total. The van der Waals surface area contributed by atoms with Gasteiger partial charge in [0, 0.05) is 24.7 Å². The third-order valence-electron chi connectivity index (χ3n) is 1.98. The molecule has 0 saturated heterocycles. The van der Waals surface area contributed by atoms with Crippen molar-refractivity contribution in [3.8, 4) is 5.75 Å². The van der Waals surface area contributed by atoms with E-state index in [4.69, 9.17) is 10.3 Å². The van der Waals surface area contributed by atoms with Crippen LogP contribution in [0.25, 0.3) is 10.4 Å². The molecule has 0 heterocycles. The molecule has 0 atom stereocenters. The molecule has 6 nitrogen and oxygen atoms in total. The van der Waals surface area contributed by atoms with Crippen LogP contribution in [0.2, 0.25) is 0 Å². The standard InChI is InChI=1S/C10H12N4O2/c1-14(2)10(15)8-6-7(12-13-11)4-5-9(8)16-3/h4-6H,1-3H3. The molecule has 1 amide bonds. The van der Waals surface area contributed by atoms with Crippen LogP contribution in [-0.4, -0.2) is 32.0 Å². The fourth-order valence-electron chi connectivity index (χ4n) is 1.22. The van der Waals surface area contributed by atoms with Gasteiger partial charge in [-0.3, -0.25) is 4.79 Å². The van der Waals surface area contributed by atoms with Gasteiger partial charge in [-0.25, -0.2) is 0 Å². The summed E-state index contributed by atoms with van der Waals surface area (Å²) < 4.78 is 5.07. The Hall–Kier alpha value is -2.20. The highest BCUT2D eigenvalue weighted by atomic mass is 16.5. The Morgan fingerprint density at radius 2 is 2.19 bits per heavy atom. The zero-order valence-corrected chi connectivity index (χ0v) is 9.34. The predicted octanol–water partition coefficient (Wildman–Crippen LogP) is 2.34. The highest BCUT2D eigenvalue weighted by Crippen LogP contribution is 2.25. The number of methoxy groups -OCH3 is 1. The van der Waals surface area contributed by atoms with Gasteiger partial charge in [0.05, 0.1) is 12.7 Å². The van der Waals surface area contributed by atoms with Gasteiger partial charge >= 0.3 is 0 Å². The molecule has 1 aromatic rings. The molecule has 0 aliphatic rings. The summed E-state index contributed by atoms with van der Waals surface area (Å²) in [5.41, 5.74) is 9.07. The first-order chi connectivity index (χ1) is 7.60. The third kappa shape index (κ3) is 2.43. The van der Waals surface area contributed by atoms with Crippen molar-refractivity contribution in [1.82, 2.24) is 4.90 Å². The average molecular weight is 220 g/mol. The summed E-state index contributed by atoms with van der Waals surface area (Å²) in [6.45, 7) is 0. The van der Waals surface area contributed by atoms with Crippen LogP contribution < -0.4 is 4.74 Å². The largest absolute Gasteiger partial charge is 0.496 e. The number of azide groups is 1. The first kappa shape index (κ1) is 11.9. The molecule has 0 radical (unpaired) electrons. The number of benzene rings is 1. The minimum atomic E-state index is -0.202. The molecule has 0 aromatic heterocycles. The number of hydrogen-bond acceptors (Lipinski definition) is 3. The molecule has 0 aliphatic carbocycles. The molecule has 0 bridgehead atoms. The van der Waals surface area contributed by atoms with Crippen molar-refractivity contribution < 1.29 is 9.53 Å². The van der Waals surface area contributed by atoms with Crippen molar-refractivity contribution in [3.63, 3.8) is 0 Å². The number of ether oxygens (including phenoxy) is 1. The van der Waals surface area contributed by atoms with Gasteiger partial charge in [-0.2, -0.15) is 0 Å². The summed E-state index contributed by atoms with van der Waals surface area (Å²) in [6, 6.07) is 4.69. The molecule has 0 spiro atoms. The van der Waals surface area contributed by atoms with E-state index in [1.54, 1.807) is 26.2 Å². The lowest BCUT2D eigenvalue weighted by molar-refractivity contribution is 0.0824. The third-order valence-corrected chi connectivity index (χ3v) is 1.98. The highest BCUT2D eigenvalue weighted by molar-refractivity contribution is 5.97. The first-order valence-corrected chi connectivity index (χ1v) is 4.55. The van der Waals surface area contributed by atoms with E-state index in [0.717, 1.165) is 0 Å². The SMILES string of the molecule is COc1ccc(N=[N+]=[N-])cc1C(=O)N(C)C. The van der Waals surface area contributed by atoms with Crippen LogP contribution in [0.5, 0.6) is 5.75 Å². The molecule has 1 aromatic carbocycles. The van der Waals surface area contributed by atoms with Crippen LogP contribution in [-0.2, 0) is 0 Å². The van der Waals surface area contributed by atoms with Crippen LogP contribution >= 0.6 is 0 Å². The predicted molar refractivity (Wildman–Crippen MR) is 59.8 cm³/mol.